The Bertz CT molecular complexity index is 139. The summed E-state index contributed by atoms with van der Waals surface area (Å²) >= 11 is 0. The van der Waals surface area contributed by atoms with Crippen LogP contribution >= 0.6 is 0 Å². The van der Waals surface area contributed by atoms with Gasteiger partial charge in [0, 0.05) is 13.1 Å². The average Bonchev–Trinajstić information content (AvgIpc) is 2.11. The average molecular weight is 172 g/mol. The van der Waals surface area contributed by atoms with Crippen LogP contribution in [0, 0.1) is 0 Å². The van der Waals surface area contributed by atoms with E-state index in [0.717, 1.165) is 4.59 Å². The minimum Gasteiger partial charge on any atom is -0.305 e. The predicted molar refractivity (Wildman–Crippen MR) is 51.7 cm³/mol. The molecule has 0 N–H and O–H groups in total. The number of rotatable bonds is 1. The zero-order valence-corrected chi connectivity index (χ0v) is 8.88. The highest BCUT2D eigenvalue weighted by atomic mass is 15.7. The summed E-state index contributed by atoms with van der Waals surface area (Å²) in [5.41, 5.74) is 0. The van der Waals surface area contributed by atoms with Gasteiger partial charge in [-0.15, -0.1) is 0 Å². The maximum absolute atomic E-state index is 2.52. The van der Waals surface area contributed by atoms with Crippen molar-refractivity contribution in [3.63, 3.8) is 0 Å². The first-order valence-electron chi connectivity index (χ1n) is 4.75. The van der Waals surface area contributed by atoms with Crippen LogP contribution in [0.1, 0.15) is 6.42 Å². The van der Waals surface area contributed by atoms with Gasteiger partial charge in [-0.25, -0.2) is 0 Å². The fourth-order valence-corrected chi connectivity index (χ4v) is 1.63. The summed E-state index contributed by atoms with van der Waals surface area (Å²) in [6.07, 6.45) is 1.30. The molecule has 0 spiro atoms. The largest absolute Gasteiger partial charge is 0.305 e. The third-order valence-corrected chi connectivity index (χ3v) is 2.54. The second-order valence-electron chi connectivity index (χ2n) is 4.55. The first kappa shape index (κ1) is 9.96. The Labute approximate surface area is 76.1 Å². The van der Waals surface area contributed by atoms with Crippen LogP contribution in [0.2, 0.25) is 0 Å². The molecule has 12 heavy (non-hydrogen) atoms. The van der Waals surface area contributed by atoms with Crippen LogP contribution in [0.4, 0.5) is 0 Å². The van der Waals surface area contributed by atoms with Gasteiger partial charge >= 0.3 is 0 Å². The second kappa shape index (κ2) is 3.73. The van der Waals surface area contributed by atoms with Crippen molar-refractivity contribution >= 4 is 0 Å². The van der Waals surface area contributed by atoms with Crippen LogP contribution in [-0.2, 0) is 0 Å². The van der Waals surface area contributed by atoms with Crippen molar-refractivity contribution in [3.05, 3.63) is 0 Å². The van der Waals surface area contributed by atoms with Crippen LogP contribution in [0.3, 0.4) is 0 Å². The molecule has 0 unspecified atom stereocenters. The van der Waals surface area contributed by atoms with E-state index in [9.17, 15) is 0 Å². The van der Waals surface area contributed by atoms with Crippen LogP contribution < -0.4 is 0 Å². The predicted octanol–water partition coefficient (Wildman–Crippen LogP) is 0.245. The molecule has 0 aromatic carbocycles. The molecule has 0 amide bonds. The number of hydrogen-bond donors (Lipinski definition) is 0. The maximum atomic E-state index is 2.52. The maximum Gasteiger partial charge on any atom is 0.0855 e. The van der Waals surface area contributed by atoms with Gasteiger partial charge in [0.2, 0.25) is 0 Å². The molecule has 0 aromatic heterocycles. The van der Waals surface area contributed by atoms with E-state index in [1.54, 1.807) is 0 Å². The van der Waals surface area contributed by atoms with Gasteiger partial charge in [0.05, 0.1) is 27.7 Å². The van der Waals surface area contributed by atoms with E-state index in [1.807, 2.05) is 0 Å². The van der Waals surface area contributed by atoms with Gasteiger partial charge in [-0.3, -0.25) is 4.59 Å². The Balaban J connectivity index is 2.46. The van der Waals surface area contributed by atoms with E-state index in [4.69, 9.17) is 0 Å². The third-order valence-electron chi connectivity index (χ3n) is 2.54. The topological polar surface area (TPSA) is 6.48 Å². The molecule has 1 aliphatic heterocycles. The van der Waals surface area contributed by atoms with E-state index in [-0.39, 0.29) is 0 Å². The number of hydrogen-bond acceptors (Lipinski definition) is 2. The summed E-state index contributed by atoms with van der Waals surface area (Å²) in [4.78, 5) is 2.41. The summed E-state index contributed by atoms with van der Waals surface area (Å²) < 4.78 is 0.966. The fraction of sp³-hybridized carbons (Fsp3) is 1.00. The molecule has 1 fully saturated rings. The molecule has 1 aliphatic rings. The van der Waals surface area contributed by atoms with Crippen molar-refractivity contribution < 1.29 is 4.59 Å². The van der Waals surface area contributed by atoms with Crippen molar-refractivity contribution in [3.8, 4) is 0 Å². The van der Waals surface area contributed by atoms with E-state index in [2.05, 4.69) is 38.1 Å². The molecule has 0 saturated carbocycles. The van der Waals surface area contributed by atoms with Crippen molar-refractivity contribution in [2.75, 3.05) is 54.4 Å². The number of nitrogens with zero attached hydrogens (tertiary/aromatic N) is 3. The lowest BCUT2D eigenvalue weighted by molar-refractivity contribution is -0.986. The summed E-state index contributed by atoms with van der Waals surface area (Å²) in [5, 5.41) is 2.52. The number of quaternary nitrogens is 1. The first-order valence-corrected chi connectivity index (χ1v) is 4.75. The molecule has 1 rings (SSSR count). The van der Waals surface area contributed by atoms with Gasteiger partial charge in [0.25, 0.3) is 0 Å². The van der Waals surface area contributed by atoms with Crippen molar-refractivity contribution in [2.24, 2.45) is 0 Å². The van der Waals surface area contributed by atoms with Crippen LogP contribution in [-0.4, -0.2) is 68.9 Å². The van der Waals surface area contributed by atoms with Crippen LogP contribution in [0.15, 0.2) is 0 Å². The van der Waals surface area contributed by atoms with Gasteiger partial charge in [0.15, 0.2) is 0 Å². The smallest absolute Gasteiger partial charge is 0.0855 e. The standard InChI is InChI=1S/C9H22N3/c1-10-6-5-7-11(9-8-10)12(2,3)4/h5-9H2,1-4H3/q+1. The summed E-state index contributed by atoms with van der Waals surface area (Å²) in [6.45, 7) is 4.87. The molecule has 3 nitrogen and oxygen atoms in total. The van der Waals surface area contributed by atoms with E-state index in [0.29, 0.717) is 0 Å². The lowest BCUT2D eigenvalue weighted by Crippen LogP contribution is -2.52. The Kier molecular flexibility index (Phi) is 3.09. The lowest BCUT2D eigenvalue weighted by Gasteiger charge is -2.35. The molecular formula is C9H22N3+. The Morgan fingerprint density at radius 3 is 2.17 bits per heavy atom. The van der Waals surface area contributed by atoms with Gasteiger partial charge in [-0.2, -0.15) is 5.01 Å². The molecular weight excluding hydrogens is 150 g/mol. The quantitative estimate of drug-likeness (QED) is 0.523. The zero-order valence-electron chi connectivity index (χ0n) is 8.88. The Morgan fingerprint density at radius 1 is 0.917 bits per heavy atom. The van der Waals surface area contributed by atoms with Crippen molar-refractivity contribution in [1.82, 2.24) is 9.91 Å². The minimum absolute atomic E-state index is 0.966. The van der Waals surface area contributed by atoms with Crippen LogP contribution in [0.5, 0.6) is 0 Å². The molecule has 0 radical (unpaired) electrons. The van der Waals surface area contributed by atoms with Crippen molar-refractivity contribution in [1.29, 1.82) is 0 Å². The summed E-state index contributed by atoms with van der Waals surface area (Å²) in [7, 11) is 8.93. The Hall–Kier alpha value is -0.120. The summed E-state index contributed by atoms with van der Waals surface area (Å²) in [6, 6.07) is 0. The minimum atomic E-state index is 0.966. The van der Waals surface area contributed by atoms with Gasteiger partial charge in [-0.05, 0) is 20.0 Å². The van der Waals surface area contributed by atoms with Gasteiger partial charge in [-0.1, -0.05) is 0 Å². The molecule has 72 valence electrons. The molecule has 3 heteroatoms. The molecule has 0 bridgehead atoms. The monoisotopic (exact) mass is 172 g/mol. The van der Waals surface area contributed by atoms with E-state index >= 15 is 0 Å². The molecule has 0 atom stereocenters. The van der Waals surface area contributed by atoms with Crippen LogP contribution in [0.25, 0.3) is 0 Å². The molecule has 1 heterocycles. The Morgan fingerprint density at radius 2 is 1.58 bits per heavy atom. The molecule has 0 aromatic rings. The lowest BCUT2D eigenvalue weighted by atomic mass is 10.4. The normalized spacial score (nSPS) is 24.0. The van der Waals surface area contributed by atoms with E-state index in [1.165, 1.54) is 32.6 Å². The SMILES string of the molecule is CN1CCCN([N+](C)(C)C)CC1. The summed E-state index contributed by atoms with van der Waals surface area (Å²) in [5.74, 6) is 0. The van der Waals surface area contributed by atoms with E-state index < -0.39 is 0 Å². The van der Waals surface area contributed by atoms with Gasteiger partial charge < -0.3 is 4.90 Å². The zero-order chi connectivity index (χ0) is 9.19. The highest BCUT2D eigenvalue weighted by Crippen LogP contribution is 2.06. The second-order valence-corrected chi connectivity index (χ2v) is 4.55. The fourth-order valence-electron chi connectivity index (χ4n) is 1.63. The van der Waals surface area contributed by atoms with Crippen molar-refractivity contribution in [2.45, 2.75) is 6.42 Å². The molecule has 1 saturated heterocycles. The molecule has 0 aliphatic carbocycles. The highest BCUT2D eigenvalue weighted by molar-refractivity contribution is 4.61. The first-order chi connectivity index (χ1) is 5.50. The third kappa shape index (κ3) is 2.73. The van der Waals surface area contributed by atoms with Gasteiger partial charge in [0.1, 0.15) is 0 Å². The number of likely N-dealkylation sites (N-methyl/N-ethyl adjacent to an activating group) is 1. The highest BCUT2D eigenvalue weighted by Gasteiger charge is 2.22.